The maximum absolute atomic E-state index is 11.5. The van der Waals surface area contributed by atoms with Gasteiger partial charge in [-0.1, -0.05) is 30.3 Å². The van der Waals surface area contributed by atoms with Gasteiger partial charge in [0.1, 0.15) is 0 Å². The molecule has 3 aromatic rings. The van der Waals surface area contributed by atoms with Crippen molar-refractivity contribution >= 4 is 17.1 Å². The molecule has 26 heavy (non-hydrogen) atoms. The zero-order valence-corrected chi connectivity index (χ0v) is 15.7. The van der Waals surface area contributed by atoms with Crippen LogP contribution in [0.15, 0.2) is 60.1 Å². The lowest BCUT2D eigenvalue weighted by Gasteiger charge is -2.16. The van der Waals surface area contributed by atoms with E-state index >= 15 is 0 Å². The number of pyridine rings is 1. The first-order chi connectivity index (χ1) is 12.7. The molecule has 0 aliphatic carbocycles. The number of carbonyl (C=O) groups excluding carboxylic acids is 1. The molecule has 3 heterocycles. The molecule has 1 fully saturated rings. The van der Waals surface area contributed by atoms with Crippen LogP contribution in [-0.4, -0.2) is 28.8 Å². The number of thiophene rings is 1. The molecule has 4 heteroatoms. The SMILES string of the molecule is CC(=O)c1cc(CN2CC[C@H](c3ccnc(-c4ccccc4)c3)C2)cs1. The molecule has 1 atom stereocenters. The highest BCUT2D eigenvalue weighted by molar-refractivity contribution is 7.12. The van der Waals surface area contributed by atoms with E-state index in [1.54, 1.807) is 18.3 Å². The Hall–Kier alpha value is -2.30. The van der Waals surface area contributed by atoms with Crippen molar-refractivity contribution in [3.63, 3.8) is 0 Å². The molecule has 1 aliphatic rings. The Balaban J connectivity index is 1.44. The second kappa shape index (κ2) is 7.52. The summed E-state index contributed by atoms with van der Waals surface area (Å²) in [5, 5.41) is 2.12. The van der Waals surface area contributed by atoms with Gasteiger partial charge in [-0.3, -0.25) is 14.7 Å². The number of hydrogen-bond acceptors (Lipinski definition) is 4. The molecule has 0 N–H and O–H groups in total. The monoisotopic (exact) mass is 362 g/mol. The first-order valence-electron chi connectivity index (χ1n) is 9.01. The Morgan fingerprint density at radius 3 is 2.85 bits per heavy atom. The van der Waals surface area contributed by atoms with Crippen molar-refractivity contribution in [1.29, 1.82) is 0 Å². The highest BCUT2D eigenvalue weighted by Gasteiger charge is 2.24. The molecule has 0 amide bonds. The van der Waals surface area contributed by atoms with Crippen molar-refractivity contribution in [3.05, 3.63) is 76.1 Å². The van der Waals surface area contributed by atoms with E-state index < -0.39 is 0 Å². The molecule has 0 saturated carbocycles. The topological polar surface area (TPSA) is 33.2 Å². The number of aromatic nitrogens is 1. The molecule has 3 nitrogen and oxygen atoms in total. The summed E-state index contributed by atoms with van der Waals surface area (Å²) >= 11 is 1.55. The summed E-state index contributed by atoms with van der Waals surface area (Å²) in [7, 11) is 0. The van der Waals surface area contributed by atoms with E-state index in [1.165, 1.54) is 23.1 Å². The van der Waals surface area contributed by atoms with Crippen molar-refractivity contribution in [2.45, 2.75) is 25.8 Å². The standard InChI is InChI=1S/C22H22N2OS/c1-16(25)22-11-17(15-26-22)13-24-10-8-20(14-24)19-7-9-23-21(12-19)18-5-3-2-4-6-18/h2-7,9,11-12,15,20H,8,10,13-14H2,1H3/t20-/m0/s1. The third-order valence-electron chi connectivity index (χ3n) is 5.00. The molecule has 1 aliphatic heterocycles. The summed E-state index contributed by atoms with van der Waals surface area (Å²) in [5.74, 6) is 0.706. The molecule has 1 saturated heterocycles. The van der Waals surface area contributed by atoms with Crippen LogP contribution in [0.5, 0.6) is 0 Å². The first kappa shape index (κ1) is 17.1. The number of carbonyl (C=O) groups is 1. The van der Waals surface area contributed by atoms with Gasteiger partial charge >= 0.3 is 0 Å². The van der Waals surface area contributed by atoms with Gasteiger partial charge in [-0.25, -0.2) is 0 Å². The highest BCUT2D eigenvalue weighted by atomic mass is 32.1. The van der Waals surface area contributed by atoms with Crippen LogP contribution in [0.3, 0.4) is 0 Å². The largest absolute Gasteiger partial charge is 0.298 e. The lowest BCUT2D eigenvalue weighted by atomic mass is 9.97. The van der Waals surface area contributed by atoms with Crippen LogP contribution in [0.25, 0.3) is 11.3 Å². The number of Topliss-reactive ketones (excluding diaryl/α,β-unsaturated/α-hetero) is 1. The highest BCUT2D eigenvalue weighted by Crippen LogP contribution is 2.30. The Morgan fingerprint density at radius 2 is 2.08 bits per heavy atom. The number of likely N-dealkylation sites (tertiary alicyclic amines) is 1. The molecule has 0 radical (unpaired) electrons. The maximum atomic E-state index is 11.5. The van der Waals surface area contributed by atoms with Crippen molar-refractivity contribution in [1.82, 2.24) is 9.88 Å². The molecule has 4 rings (SSSR count). The van der Waals surface area contributed by atoms with Gasteiger partial charge < -0.3 is 0 Å². The minimum atomic E-state index is 0.158. The normalized spacial score (nSPS) is 17.5. The van der Waals surface area contributed by atoms with Gasteiger partial charge in [-0.2, -0.15) is 0 Å². The fourth-order valence-electron chi connectivity index (χ4n) is 3.62. The number of benzene rings is 1. The molecular formula is C22H22N2OS. The van der Waals surface area contributed by atoms with E-state index in [2.05, 4.69) is 51.7 Å². The Morgan fingerprint density at radius 1 is 1.23 bits per heavy atom. The van der Waals surface area contributed by atoms with Gasteiger partial charge in [0.05, 0.1) is 10.6 Å². The number of hydrogen-bond donors (Lipinski definition) is 0. The van der Waals surface area contributed by atoms with Gasteiger partial charge in [-0.05, 0) is 60.5 Å². The molecule has 0 bridgehead atoms. The fraction of sp³-hybridized carbons (Fsp3) is 0.273. The zero-order chi connectivity index (χ0) is 17.9. The summed E-state index contributed by atoms with van der Waals surface area (Å²) in [4.78, 5) is 19.4. The van der Waals surface area contributed by atoms with Gasteiger partial charge in [0, 0.05) is 24.8 Å². The minimum Gasteiger partial charge on any atom is -0.298 e. The van der Waals surface area contributed by atoms with Crippen molar-refractivity contribution in [3.8, 4) is 11.3 Å². The second-order valence-electron chi connectivity index (χ2n) is 6.94. The molecule has 2 aromatic heterocycles. The zero-order valence-electron chi connectivity index (χ0n) is 14.9. The van der Waals surface area contributed by atoms with Gasteiger partial charge in [0.25, 0.3) is 0 Å². The van der Waals surface area contributed by atoms with E-state index in [-0.39, 0.29) is 5.78 Å². The average Bonchev–Trinajstić information content (AvgIpc) is 3.33. The molecular weight excluding hydrogens is 340 g/mol. The summed E-state index contributed by atoms with van der Waals surface area (Å²) in [6.07, 6.45) is 3.10. The lowest BCUT2D eigenvalue weighted by Crippen LogP contribution is -2.19. The number of rotatable bonds is 5. The van der Waals surface area contributed by atoms with Crippen LogP contribution in [0.2, 0.25) is 0 Å². The van der Waals surface area contributed by atoms with E-state index in [9.17, 15) is 4.79 Å². The lowest BCUT2D eigenvalue weighted by molar-refractivity contribution is 0.102. The summed E-state index contributed by atoms with van der Waals surface area (Å²) < 4.78 is 0. The van der Waals surface area contributed by atoms with Gasteiger partial charge in [0.2, 0.25) is 0 Å². The predicted octanol–water partition coefficient (Wildman–Crippen LogP) is 5.00. The van der Waals surface area contributed by atoms with Crippen LogP contribution in [0.4, 0.5) is 0 Å². The molecule has 0 unspecified atom stereocenters. The third kappa shape index (κ3) is 3.76. The van der Waals surface area contributed by atoms with E-state index in [1.807, 2.05) is 18.3 Å². The number of ketones is 1. The van der Waals surface area contributed by atoms with Crippen molar-refractivity contribution in [2.75, 3.05) is 13.1 Å². The maximum Gasteiger partial charge on any atom is 0.169 e. The molecule has 0 spiro atoms. The van der Waals surface area contributed by atoms with E-state index in [4.69, 9.17) is 0 Å². The Bertz CT molecular complexity index is 903. The van der Waals surface area contributed by atoms with Gasteiger partial charge in [0.15, 0.2) is 5.78 Å². The summed E-state index contributed by atoms with van der Waals surface area (Å²) in [6.45, 7) is 4.72. The van der Waals surface area contributed by atoms with Crippen LogP contribution < -0.4 is 0 Å². The Labute approximate surface area is 158 Å². The van der Waals surface area contributed by atoms with Crippen LogP contribution in [0.1, 0.15) is 40.1 Å². The average molecular weight is 362 g/mol. The van der Waals surface area contributed by atoms with Crippen LogP contribution >= 0.6 is 11.3 Å². The Kier molecular flexibility index (Phi) is 4.96. The third-order valence-corrected chi connectivity index (χ3v) is 6.08. The van der Waals surface area contributed by atoms with Crippen LogP contribution in [0, 0.1) is 0 Å². The van der Waals surface area contributed by atoms with E-state index in [0.29, 0.717) is 5.92 Å². The fourth-order valence-corrected chi connectivity index (χ4v) is 4.42. The second-order valence-corrected chi connectivity index (χ2v) is 7.85. The van der Waals surface area contributed by atoms with E-state index in [0.717, 1.165) is 30.2 Å². The first-order valence-corrected chi connectivity index (χ1v) is 9.89. The predicted molar refractivity (Wildman–Crippen MR) is 107 cm³/mol. The quantitative estimate of drug-likeness (QED) is 0.599. The summed E-state index contributed by atoms with van der Waals surface area (Å²) in [6, 6.07) is 16.8. The number of nitrogens with zero attached hydrogens (tertiary/aromatic N) is 2. The summed E-state index contributed by atoms with van der Waals surface area (Å²) in [5.41, 5.74) is 4.83. The molecule has 132 valence electrons. The van der Waals surface area contributed by atoms with Crippen molar-refractivity contribution < 1.29 is 4.79 Å². The smallest absolute Gasteiger partial charge is 0.169 e. The minimum absolute atomic E-state index is 0.158. The molecule has 1 aromatic carbocycles. The van der Waals surface area contributed by atoms with Gasteiger partial charge in [-0.15, -0.1) is 11.3 Å². The van der Waals surface area contributed by atoms with Crippen LogP contribution in [-0.2, 0) is 6.54 Å². The van der Waals surface area contributed by atoms with Crippen molar-refractivity contribution in [2.24, 2.45) is 0 Å².